The van der Waals surface area contributed by atoms with Gasteiger partial charge in [0.25, 0.3) is 0 Å². The molecule has 0 aliphatic heterocycles. The number of rotatable bonds is 14. The van der Waals surface area contributed by atoms with Gasteiger partial charge in [-0.05, 0) is 12.8 Å². The summed E-state index contributed by atoms with van der Waals surface area (Å²) in [4.78, 5) is 0. The fourth-order valence-corrected chi connectivity index (χ4v) is 2.26. The maximum absolute atomic E-state index is 8.64. The van der Waals surface area contributed by atoms with Crippen LogP contribution >= 0.6 is 0 Å². The number of unbranched alkanes of at least 4 members (excludes halogenated alkanes) is 11. The molecule has 0 saturated heterocycles. The maximum Gasteiger partial charge on any atom is 0.0520 e. The second-order valence-corrected chi connectivity index (χ2v) is 5.42. The van der Waals surface area contributed by atoms with Crippen LogP contribution in [0.1, 0.15) is 83.5 Å². The molecule has 0 bridgehead atoms. The minimum absolute atomic E-state index is 0.115. The normalized spacial score (nSPS) is 11.3. The van der Waals surface area contributed by atoms with Crippen LogP contribution in [0, 0.1) is 0 Å². The lowest BCUT2D eigenvalue weighted by molar-refractivity contribution is 0.282. The van der Waals surface area contributed by atoms with Gasteiger partial charge in [0.05, 0.1) is 6.17 Å². The third kappa shape index (κ3) is 15.9. The Morgan fingerprint density at radius 3 is 1.22 bits per heavy atom. The predicted octanol–water partition coefficient (Wildman–Crippen LogP) is 3.29. The van der Waals surface area contributed by atoms with Crippen LogP contribution in [0.2, 0.25) is 0 Å². The lowest BCUT2D eigenvalue weighted by Crippen LogP contribution is -2.29. The molecule has 0 radical (unpaired) electrons. The van der Waals surface area contributed by atoms with Gasteiger partial charge in [0.1, 0.15) is 0 Å². The summed E-state index contributed by atoms with van der Waals surface area (Å²) in [6.07, 6.45) is 16.3. The molecule has 3 heteroatoms. The number of aliphatic hydroxyl groups excluding tert-OH is 1. The lowest BCUT2D eigenvalue weighted by atomic mass is 10.0. The Bertz CT molecular complexity index is 151. The minimum atomic E-state index is -0.115. The van der Waals surface area contributed by atoms with Crippen molar-refractivity contribution >= 4 is 0 Å². The molecule has 0 unspecified atom stereocenters. The van der Waals surface area contributed by atoms with E-state index in [0.717, 1.165) is 12.8 Å². The molecule has 0 spiro atoms. The largest absolute Gasteiger partial charge is 0.396 e. The van der Waals surface area contributed by atoms with Gasteiger partial charge in [0.2, 0.25) is 0 Å². The average Bonchev–Trinajstić information content (AvgIpc) is 2.34. The Hall–Kier alpha value is -0.120. The SMILES string of the molecule is NC(N)CCCCCCCCCCCCCCO. The van der Waals surface area contributed by atoms with E-state index < -0.39 is 0 Å². The molecule has 0 aliphatic rings. The van der Waals surface area contributed by atoms with Gasteiger partial charge in [-0.25, -0.2) is 0 Å². The summed E-state index contributed by atoms with van der Waals surface area (Å²) in [6.45, 7) is 0.356. The lowest BCUT2D eigenvalue weighted by Gasteiger charge is -2.05. The molecule has 0 atom stereocenters. The molecule has 0 amide bonds. The van der Waals surface area contributed by atoms with Crippen molar-refractivity contribution in [1.82, 2.24) is 0 Å². The molecule has 0 aliphatic carbocycles. The van der Waals surface area contributed by atoms with Crippen LogP contribution in [0.5, 0.6) is 0 Å². The molecule has 0 aromatic heterocycles. The first-order valence-electron chi connectivity index (χ1n) is 7.89. The van der Waals surface area contributed by atoms with E-state index in [0.29, 0.717) is 6.61 Å². The van der Waals surface area contributed by atoms with Crippen molar-refractivity contribution in [2.45, 2.75) is 89.6 Å². The molecule has 18 heavy (non-hydrogen) atoms. The van der Waals surface area contributed by atoms with Crippen LogP contribution in [-0.4, -0.2) is 17.9 Å². The Kier molecular flexibility index (Phi) is 14.8. The summed E-state index contributed by atoms with van der Waals surface area (Å²) >= 11 is 0. The van der Waals surface area contributed by atoms with E-state index in [1.165, 1.54) is 70.6 Å². The van der Waals surface area contributed by atoms with Gasteiger partial charge in [-0.15, -0.1) is 0 Å². The highest BCUT2D eigenvalue weighted by atomic mass is 16.2. The van der Waals surface area contributed by atoms with E-state index in [9.17, 15) is 0 Å². The molecule has 0 fully saturated rings. The molecule has 3 nitrogen and oxygen atoms in total. The van der Waals surface area contributed by atoms with Crippen molar-refractivity contribution in [2.24, 2.45) is 11.5 Å². The first-order valence-corrected chi connectivity index (χ1v) is 7.89. The fraction of sp³-hybridized carbons (Fsp3) is 1.00. The van der Waals surface area contributed by atoms with Gasteiger partial charge in [0.15, 0.2) is 0 Å². The van der Waals surface area contributed by atoms with E-state index in [1.807, 2.05) is 0 Å². The van der Waals surface area contributed by atoms with Gasteiger partial charge in [-0.3, -0.25) is 0 Å². The van der Waals surface area contributed by atoms with Crippen LogP contribution in [0.3, 0.4) is 0 Å². The zero-order valence-corrected chi connectivity index (χ0v) is 12.1. The van der Waals surface area contributed by atoms with E-state index >= 15 is 0 Å². The number of hydrogen-bond acceptors (Lipinski definition) is 3. The summed E-state index contributed by atoms with van der Waals surface area (Å²) in [5.74, 6) is 0. The van der Waals surface area contributed by atoms with Crippen molar-refractivity contribution in [3.05, 3.63) is 0 Å². The molecule has 0 saturated carbocycles. The summed E-state index contributed by atoms with van der Waals surface area (Å²) in [5.41, 5.74) is 11.0. The third-order valence-corrected chi connectivity index (χ3v) is 3.45. The fourth-order valence-electron chi connectivity index (χ4n) is 2.26. The molecular formula is C15H34N2O. The summed E-state index contributed by atoms with van der Waals surface area (Å²) in [6, 6.07) is 0. The number of hydrogen-bond donors (Lipinski definition) is 3. The molecule has 0 heterocycles. The highest BCUT2D eigenvalue weighted by Crippen LogP contribution is 2.12. The average molecular weight is 258 g/mol. The zero-order valence-electron chi connectivity index (χ0n) is 12.1. The Balaban J connectivity index is 2.90. The first kappa shape index (κ1) is 17.9. The second kappa shape index (κ2) is 14.9. The van der Waals surface area contributed by atoms with Crippen molar-refractivity contribution < 1.29 is 5.11 Å². The van der Waals surface area contributed by atoms with E-state index in [2.05, 4.69) is 0 Å². The Morgan fingerprint density at radius 1 is 0.556 bits per heavy atom. The van der Waals surface area contributed by atoms with E-state index in [1.54, 1.807) is 0 Å². The van der Waals surface area contributed by atoms with Crippen LogP contribution in [0.15, 0.2) is 0 Å². The van der Waals surface area contributed by atoms with Gasteiger partial charge in [-0.1, -0.05) is 70.6 Å². The van der Waals surface area contributed by atoms with Crippen molar-refractivity contribution in [1.29, 1.82) is 0 Å². The molecular weight excluding hydrogens is 224 g/mol. The van der Waals surface area contributed by atoms with Gasteiger partial charge >= 0.3 is 0 Å². The van der Waals surface area contributed by atoms with Gasteiger partial charge in [-0.2, -0.15) is 0 Å². The van der Waals surface area contributed by atoms with E-state index in [4.69, 9.17) is 16.6 Å². The number of nitrogens with two attached hydrogens (primary N) is 2. The Morgan fingerprint density at radius 2 is 0.889 bits per heavy atom. The quantitative estimate of drug-likeness (QED) is 0.331. The summed E-state index contributed by atoms with van der Waals surface area (Å²) in [7, 11) is 0. The molecule has 0 rings (SSSR count). The minimum Gasteiger partial charge on any atom is -0.396 e. The topological polar surface area (TPSA) is 72.3 Å². The van der Waals surface area contributed by atoms with Crippen LogP contribution < -0.4 is 11.5 Å². The standard InChI is InChI=1S/C15H34N2O/c16-15(17)13-11-9-7-5-3-1-2-4-6-8-10-12-14-18/h15,18H,1-14,16-17H2. The first-order chi connectivity index (χ1) is 8.77. The summed E-state index contributed by atoms with van der Waals surface area (Å²) < 4.78 is 0. The van der Waals surface area contributed by atoms with Crippen molar-refractivity contribution in [2.75, 3.05) is 6.61 Å². The highest BCUT2D eigenvalue weighted by molar-refractivity contribution is 4.52. The molecule has 0 aromatic carbocycles. The Labute approximate surface area is 113 Å². The molecule has 0 aromatic rings. The molecule has 5 N–H and O–H groups in total. The van der Waals surface area contributed by atoms with Crippen LogP contribution in [0.25, 0.3) is 0 Å². The van der Waals surface area contributed by atoms with Gasteiger partial charge < -0.3 is 16.6 Å². The summed E-state index contributed by atoms with van der Waals surface area (Å²) in [5, 5.41) is 8.64. The van der Waals surface area contributed by atoms with Gasteiger partial charge in [0, 0.05) is 6.61 Å². The second-order valence-electron chi connectivity index (χ2n) is 5.42. The highest BCUT2D eigenvalue weighted by Gasteiger charge is 1.95. The van der Waals surface area contributed by atoms with Crippen molar-refractivity contribution in [3.63, 3.8) is 0 Å². The maximum atomic E-state index is 8.64. The smallest absolute Gasteiger partial charge is 0.0520 e. The van der Waals surface area contributed by atoms with E-state index in [-0.39, 0.29) is 6.17 Å². The predicted molar refractivity (Wildman–Crippen MR) is 79.3 cm³/mol. The van der Waals surface area contributed by atoms with Crippen molar-refractivity contribution in [3.8, 4) is 0 Å². The zero-order chi connectivity index (χ0) is 13.5. The third-order valence-electron chi connectivity index (χ3n) is 3.45. The van der Waals surface area contributed by atoms with Crippen LogP contribution in [0.4, 0.5) is 0 Å². The number of aliphatic hydroxyl groups is 1. The molecule has 110 valence electrons. The monoisotopic (exact) mass is 258 g/mol. The van der Waals surface area contributed by atoms with Crippen LogP contribution in [-0.2, 0) is 0 Å².